The number of hydrogen-bond acceptors (Lipinski definition) is 6. The molecule has 0 saturated carbocycles. The predicted molar refractivity (Wildman–Crippen MR) is 59.9 cm³/mol. The van der Waals surface area contributed by atoms with E-state index in [1.807, 2.05) is 0 Å². The van der Waals surface area contributed by atoms with Crippen molar-refractivity contribution < 1.29 is 14.9 Å². The Morgan fingerprint density at radius 2 is 2.44 bits per heavy atom. The molecule has 5 N–H and O–H groups in total. The first kappa shape index (κ1) is 11.2. The fraction of sp³-hybridized carbons (Fsp3) is 0.444. The molecule has 1 aliphatic rings. The van der Waals surface area contributed by atoms with Crippen LogP contribution >= 0.6 is 0 Å². The smallest absolute Gasteiger partial charge is 0.374 e. The van der Waals surface area contributed by atoms with Gasteiger partial charge in [0.25, 0.3) is 0 Å². The molecule has 86 valence electrons. The maximum absolute atomic E-state index is 10.0. The summed E-state index contributed by atoms with van der Waals surface area (Å²) in [5.74, 6) is 0.496. The molecule has 0 saturated heterocycles. The largest absolute Gasteiger partial charge is 0.490 e. The molecule has 1 aliphatic heterocycles. The van der Waals surface area contributed by atoms with Crippen molar-refractivity contribution in [1.82, 2.24) is 10.2 Å². The molecule has 2 rings (SSSR count). The fourth-order valence-corrected chi connectivity index (χ4v) is 1.72. The van der Waals surface area contributed by atoms with Crippen molar-refractivity contribution in [1.29, 1.82) is 0 Å². The van der Waals surface area contributed by atoms with Crippen LogP contribution in [0.4, 0.5) is 5.69 Å². The summed E-state index contributed by atoms with van der Waals surface area (Å²) in [5, 5.41) is 22.0. The third-order valence-corrected chi connectivity index (χ3v) is 2.44. The number of anilines is 1. The lowest BCUT2D eigenvalue weighted by Crippen LogP contribution is -2.48. The number of nitrogens with one attached hydrogen (secondary N) is 1. The van der Waals surface area contributed by atoms with Gasteiger partial charge in [-0.2, -0.15) is 0 Å². The first-order chi connectivity index (χ1) is 7.58. The van der Waals surface area contributed by atoms with Crippen molar-refractivity contribution >= 4 is 12.7 Å². The van der Waals surface area contributed by atoms with Crippen molar-refractivity contribution in [2.24, 2.45) is 0 Å². The van der Waals surface area contributed by atoms with E-state index in [1.165, 1.54) is 6.20 Å². The number of nitrogens with zero attached hydrogens (tertiary/aromatic N) is 1. The number of rotatable bonds is 2. The molecule has 0 unspecified atom stereocenters. The number of nitrogens with two attached hydrogens (primary N) is 1. The van der Waals surface area contributed by atoms with E-state index < -0.39 is 13.2 Å². The topological polar surface area (TPSA) is 101 Å². The number of aliphatic hydroxyl groups is 1. The van der Waals surface area contributed by atoms with Gasteiger partial charge < -0.3 is 25.8 Å². The first-order valence-corrected chi connectivity index (χ1v) is 5.08. The molecule has 0 spiro atoms. The molecule has 1 aromatic heterocycles. The van der Waals surface area contributed by atoms with Gasteiger partial charge in [0.1, 0.15) is 24.2 Å². The number of pyridine rings is 1. The van der Waals surface area contributed by atoms with E-state index in [-0.39, 0.29) is 12.6 Å². The highest BCUT2D eigenvalue weighted by Crippen LogP contribution is 2.31. The van der Waals surface area contributed by atoms with Crippen LogP contribution < -0.4 is 15.7 Å². The fourth-order valence-electron chi connectivity index (χ4n) is 1.72. The molecule has 7 heteroatoms. The van der Waals surface area contributed by atoms with Gasteiger partial charge in [0.2, 0.25) is 0 Å². The lowest BCUT2D eigenvalue weighted by molar-refractivity contribution is 0.0774. The molecule has 2 atom stereocenters. The number of ether oxygens (including phenoxy) is 1. The second kappa shape index (κ2) is 4.29. The van der Waals surface area contributed by atoms with Crippen LogP contribution in [0.2, 0.25) is 6.82 Å². The van der Waals surface area contributed by atoms with Gasteiger partial charge in [-0.15, -0.1) is 0 Å². The maximum atomic E-state index is 10.0. The van der Waals surface area contributed by atoms with Crippen LogP contribution in [0.15, 0.2) is 12.3 Å². The van der Waals surface area contributed by atoms with E-state index >= 15 is 0 Å². The highest BCUT2D eigenvalue weighted by atomic mass is 16.5. The van der Waals surface area contributed by atoms with Gasteiger partial charge in [0.05, 0.1) is 17.9 Å². The zero-order valence-electron chi connectivity index (χ0n) is 8.92. The summed E-state index contributed by atoms with van der Waals surface area (Å²) in [6.07, 6.45) is 0.662. The average molecular weight is 223 g/mol. The molecule has 1 aromatic rings. The van der Waals surface area contributed by atoms with E-state index in [9.17, 15) is 10.1 Å². The summed E-state index contributed by atoms with van der Waals surface area (Å²) < 4.78 is 5.41. The second-order valence-electron chi connectivity index (χ2n) is 3.86. The zero-order valence-corrected chi connectivity index (χ0v) is 8.92. The van der Waals surface area contributed by atoms with E-state index in [1.54, 1.807) is 12.9 Å². The van der Waals surface area contributed by atoms with Crippen LogP contribution in [0.1, 0.15) is 11.8 Å². The maximum Gasteiger partial charge on any atom is 0.374 e. The van der Waals surface area contributed by atoms with Gasteiger partial charge >= 0.3 is 7.05 Å². The second-order valence-corrected chi connectivity index (χ2v) is 3.86. The highest BCUT2D eigenvalue weighted by Gasteiger charge is 2.31. The van der Waals surface area contributed by atoms with Gasteiger partial charge in [0, 0.05) is 6.07 Å². The van der Waals surface area contributed by atoms with Crippen molar-refractivity contribution in [3.8, 4) is 5.75 Å². The monoisotopic (exact) mass is 223 g/mol. The number of aliphatic hydroxyl groups excluding tert-OH is 1. The van der Waals surface area contributed by atoms with Crippen molar-refractivity contribution in [2.45, 2.75) is 19.0 Å². The standard InChI is InChI=1S/C9H14BN3O3/c1-10(15)13-6-4-16-7-2-5(11)3-12-8(7)9(6)14/h2-3,6,9,13-15H,4,11H2,1H3/t6-,9+/m0/s1. The molecule has 2 heterocycles. The van der Waals surface area contributed by atoms with E-state index in [0.717, 1.165) is 0 Å². The Morgan fingerprint density at radius 1 is 1.69 bits per heavy atom. The van der Waals surface area contributed by atoms with Crippen LogP contribution in [-0.4, -0.2) is 34.8 Å². The number of hydrogen-bond donors (Lipinski definition) is 4. The van der Waals surface area contributed by atoms with Gasteiger partial charge in [-0.1, -0.05) is 0 Å². The molecule has 0 bridgehead atoms. The number of fused-ring (bicyclic) bond motifs is 1. The summed E-state index contributed by atoms with van der Waals surface area (Å²) in [5.41, 5.74) is 6.50. The SMILES string of the molecule is CB(O)N[C@H]1COc2cc(N)cnc2[C@@H]1O. The summed E-state index contributed by atoms with van der Waals surface area (Å²) in [6, 6.07) is 1.26. The Kier molecular flexibility index (Phi) is 3.00. The molecule has 16 heavy (non-hydrogen) atoms. The predicted octanol–water partition coefficient (Wildman–Crippen LogP) is -0.842. The molecule has 6 nitrogen and oxygen atoms in total. The summed E-state index contributed by atoms with van der Waals surface area (Å²) in [6.45, 7) is 1.85. The minimum atomic E-state index is -0.807. The third kappa shape index (κ3) is 2.11. The van der Waals surface area contributed by atoms with Crippen LogP contribution in [0.3, 0.4) is 0 Å². The molecule has 0 amide bonds. The zero-order chi connectivity index (χ0) is 11.7. The highest BCUT2D eigenvalue weighted by molar-refractivity contribution is 6.45. The Bertz CT molecular complexity index is 388. The Balaban J connectivity index is 2.22. The van der Waals surface area contributed by atoms with Crippen molar-refractivity contribution in [2.75, 3.05) is 12.3 Å². The first-order valence-electron chi connectivity index (χ1n) is 5.08. The van der Waals surface area contributed by atoms with Crippen molar-refractivity contribution in [3.05, 3.63) is 18.0 Å². The number of nitrogen functional groups attached to an aromatic ring is 1. The van der Waals surface area contributed by atoms with Crippen LogP contribution in [0.5, 0.6) is 5.75 Å². The van der Waals surface area contributed by atoms with Crippen LogP contribution in [0.25, 0.3) is 0 Å². The lowest BCUT2D eigenvalue weighted by Gasteiger charge is -2.30. The Labute approximate surface area is 93.6 Å². The third-order valence-electron chi connectivity index (χ3n) is 2.44. The van der Waals surface area contributed by atoms with Gasteiger partial charge in [0.15, 0.2) is 0 Å². The van der Waals surface area contributed by atoms with E-state index in [4.69, 9.17) is 10.5 Å². The summed E-state index contributed by atoms with van der Waals surface area (Å²) >= 11 is 0. The quantitative estimate of drug-likeness (QED) is 0.487. The molecular formula is C9H14BN3O3. The molecular weight excluding hydrogens is 209 g/mol. The van der Waals surface area contributed by atoms with E-state index in [2.05, 4.69) is 10.2 Å². The van der Waals surface area contributed by atoms with Gasteiger partial charge in [-0.3, -0.25) is 4.98 Å². The molecule has 0 aliphatic carbocycles. The molecule has 0 radical (unpaired) electrons. The van der Waals surface area contributed by atoms with Gasteiger partial charge in [-0.05, 0) is 6.82 Å². The number of aromatic nitrogens is 1. The summed E-state index contributed by atoms with van der Waals surface area (Å²) in [7, 11) is -0.710. The van der Waals surface area contributed by atoms with Crippen molar-refractivity contribution in [3.63, 3.8) is 0 Å². The summed E-state index contributed by atoms with van der Waals surface area (Å²) in [4.78, 5) is 4.04. The van der Waals surface area contributed by atoms with Crippen LogP contribution in [-0.2, 0) is 0 Å². The average Bonchev–Trinajstić information content (AvgIpc) is 2.22. The molecule has 0 aromatic carbocycles. The Hall–Kier alpha value is -1.31. The molecule has 0 fully saturated rings. The van der Waals surface area contributed by atoms with Crippen LogP contribution in [0, 0.1) is 0 Å². The van der Waals surface area contributed by atoms with E-state index in [0.29, 0.717) is 17.1 Å². The lowest BCUT2D eigenvalue weighted by atomic mass is 9.85. The van der Waals surface area contributed by atoms with Gasteiger partial charge in [-0.25, -0.2) is 0 Å². The minimum Gasteiger partial charge on any atom is -0.490 e. The Morgan fingerprint density at radius 3 is 3.12 bits per heavy atom. The normalized spacial score (nSPS) is 23.4. The minimum absolute atomic E-state index is 0.268.